The summed E-state index contributed by atoms with van der Waals surface area (Å²) < 4.78 is 6.28. The van der Waals surface area contributed by atoms with E-state index in [4.69, 9.17) is 21.0 Å². The number of benzene rings is 7. The van der Waals surface area contributed by atoms with Crippen LogP contribution in [0.15, 0.2) is 114 Å². The Bertz CT molecular complexity index is 2400. The van der Waals surface area contributed by atoms with Crippen molar-refractivity contribution in [2.75, 3.05) is 0 Å². The summed E-state index contributed by atoms with van der Waals surface area (Å²) in [6, 6.07) is 38.4. The molecule has 3 heteroatoms. The lowest BCUT2D eigenvalue weighted by Gasteiger charge is -2.16. The molecular formula is C35H18ClNO. The summed E-state index contributed by atoms with van der Waals surface area (Å²) in [6.07, 6.45) is 0. The van der Waals surface area contributed by atoms with Crippen molar-refractivity contribution >= 4 is 87.5 Å². The van der Waals surface area contributed by atoms with Gasteiger partial charge in [0.25, 0.3) is 0 Å². The fourth-order valence-corrected chi connectivity index (χ4v) is 6.60. The Labute approximate surface area is 222 Å². The lowest BCUT2D eigenvalue weighted by Crippen LogP contribution is -1.92. The SMILES string of the molecule is Clc1ccc2oc3ccc4c(-c5ccc6ccc7cccc8ccc5c6c78)nc5ccccc5c4c3c2c1. The molecule has 0 aliphatic carbocycles. The first-order valence-corrected chi connectivity index (χ1v) is 13.1. The molecule has 9 aromatic rings. The summed E-state index contributed by atoms with van der Waals surface area (Å²) in [5.41, 5.74) is 4.77. The van der Waals surface area contributed by atoms with Gasteiger partial charge < -0.3 is 4.42 Å². The lowest BCUT2D eigenvalue weighted by molar-refractivity contribution is 0.669. The van der Waals surface area contributed by atoms with Crippen LogP contribution in [0, 0.1) is 0 Å². The van der Waals surface area contributed by atoms with E-state index in [2.05, 4.69) is 91.0 Å². The quantitative estimate of drug-likeness (QED) is 0.208. The van der Waals surface area contributed by atoms with Crippen molar-refractivity contribution < 1.29 is 4.42 Å². The molecule has 0 bridgehead atoms. The Morgan fingerprint density at radius 1 is 0.500 bits per heavy atom. The first kappa shape index (κ1) is 20.4. The van der Waals surface area contributed by atoms with E-state index in [-0.39, 0.29) is 0 Å². The van der Waals surface area contributed by atoms with Crippen molar-refractivity contribution in [3.63, 3.8) is 0 Å². The first-order valence-electron chi connectivity index (χ1n) is 12.7. The number of hydrogen-bond acceptors (Lipinski definition) is 2. The van der Waals surface area contributed by atoms with E-state index < -0.39 is 0 Å². The highest BCUT2D eigenvalue weighted by Gasteiger charge is 2.19. The van der Waals surface area contributed by atoms with E-state index >= 15 is 0 Å². The third-order valence-corrected chi connectivity index (χ3v) is 8.28. The molecule has 0 aliphatic rings. The van der Waals surface area contributed by atoms with Crippen molar-refractivity contribution in [3.8, 4) is 11.3 Å². The van der Waals surface area contributed by atoms with Crippen molar-refractivity contribution in [2.24, 2.45) is 0 Å². The molecule has 2 nitrogen and oxygen atoms in total. The minimum atomic E-state index is 0.697. The largest absolute Gasteiger partial charge is 0.456 e. The number of nitrogens with zero attached hydrogens (tertiary/aromatic N) is 1. The van der Waals surface area contributed by atoms with Crippen LogP contribution in [0.5, 0.6) is 0 Å². The molecule has 0 saturated heterocycles. The van der Waals surface area contributed by atoms with E-state index in [1.54, 1.807) is 0 Å². The number of hydrogen-bond donors (Lipinski definition) is 0. The fraction of sp³-hybridized carbons (Fsp3) is 0. The van der Waals surface area contributed by atoms with Gasteiger partial charge in [0.1, 0.15) is 11.2 Å². The summed E-state index contributed by atoms with van der Waals surface area (Å²) in [6.45, 7) is 0. The zero-order valence-corrected chi connectivity index (χ0v) is 20.9. The van der Waals surface area contributed by atoms with Crippen LogP contribution in [0.4, 0.5) is 0 Å². The van der Waals surface area contributed by atoms with Gasteiger partial charge >= 0.3 is 0 Å². The molecule has 0 N–H and O–H groups in total. The summed E-state index contributed by atoms with van der Waals surface area (Å²) in [5.74, 6) is 0. The smallest absolute Gasteiger partial charge is 0.136 e. The Morgan fingerprint density at radius 2 is 1.24 bits per heavy atom. The zero-order valence-electron chi connectivity index (χ0n) is 20.1. The molecule has 0 aliphatic heterocycles. The predicted octanol–water partition coefficient (Wildman–Crippen LogP) is 10.5. The number of rotatable bonds is 1. The molecule has 2 heterocycles. The van der Waals surface area contributed by atoms with Gasteiger partial charge in [-0.25, -0.2) is 4.98 Å². The highest BCUT2D eigenvalue weighted by Crippen LogP contribution is 2.44. The van der Waals surface area contributed by atoms with Gasteiger partial charge in [-0.1, -0.05) is 84.4 Å². The highest BCUT2D eigenvalue weighted by molar-refractivity contribution is 6.34. The number of pyridine rings is 1. The maximum atomic E-state index is 6.46. The molecule has 2 aromatic heterocycles. The van der Waals surface area contributed by atoms with Crippen molar-refractivity contribution in [1.29, 1.82) is 0 Å². The molecule has 38 heavy (non-hydrogen) atoms. The van der Waals surface area contributed by atoms with Gasteiger partial charge in [0.2, 0.25) is 0 Å². The van der Waals surface area contributed by atoms with Crippen LogP contribution in [-0.4, -0.2) is 4.98 Å². The molecule has 0 fully saturated rings. The number of para-hydroxylation sites is 1. The second-order valence-electron chi connectivity index (χ2n) is 10.1. The molecule has 0 saturated carbocycles. The second-order valence-corrected chi connectivity index (χ2v) is 10.5. The number of fused-ring (bicyclic) bond motifs is 7. The maximum Gasteiger partial charge on any atom is 0.136 e. The van der Waals surface area contributed by atoms with Crippen LogP contribution < -0.4 is 0 Å². The van der Waals surface area contributed by atoms with Gasteiger partial charge in [0.15, 0.2) is 0 Å². The van der Waals surface area contributed by atoms with Crippen LogP contribution in [0.1, 0.15) is 0 Å². The third-order valence-electron chi connectivity index (χ3n) is 8.04. The average molecular weight is 504 g/mol. The topological polar surface area (TPSA) is 26.0 Å². The lowest BCUT2D eigenvalue weighted by atomic mass is 9.89. The zero-order chi connectivity index (χ0) is 25.0. The van der Waals surface area contributed by atoms with Crippen molar-refractivity contribution in [3.05, 3.63) is 114 Å². The summed E-state index contributed by atoms with van der Waals surface area (Å²) in [5, 5.41) is 13.8. The molecule has 0 unspecified atom stereocenters. The molecule has 0 spiro atoms. The molecule has 176 valence electrons. The maximum absolute atomic E-state index is 6.46. The molecule has 0 radical (unpaired) electrons. The summed E-state index contributed by atoms with van der Waals surface area (Å²) >= 11 is 6.46. The average Bonchev–Trinajstić information content (AvgIpc) is 3.33. The van der Waals surface area contributed by atoms with E-state index in [9.17, 15) is 0 Å². The summed E-state index contributed by atoms with van der Waals surface area (Å²) in [4.78, 5) is 5.29. The molecule has 0 amide bonds. The summed E-state index contributed by atoms with van der Waals surface area (Å²) in [7, 11) is 0. The Kier molecular flexibility index (Phi) is 3.88. The molecule has 7 aromatic carbocycles. The van der Waals surface area contributed by atoms with Gasteiger partial charge in [-0.2, -0.15) is 0 Å². The Hall–Kier alpha value is -4.66. The van der Waals surface area contributed by atoms with Crippen LogP contribution in [0.25, 0.3) is 87.2 Å². The van der Waals surface area contributed by atoms with Crippen LogP contribution >= 0.6 is 11.6 Å². The van der Waals surface area contributed by atoms with Gasteiger partial charge in [-0.3, -0.25) is 0 Å². The van der Waals surface area contributed by atoms with Gasteiger partial charge in [-0.05, 0) is 68.7 Å². The number of furan rings is 1. The van der Waals surface area contributed by atoms with E-state index in [0.717, 1.165) is 54.9 Å². The fourth-order valence-electron chi connectivity index (χ4n) is 6.43. The standard InChI is InChI=1S/C35H18ClNO/c36-22-12-16-29-27(18-22)34-30(38-29)17-15-26-33(34)25-6-1-2-7-28(25)37-35(26)24-14-11-21-9-8-19-4-3-5-20-10-13-23(24)32(21)31(19)20/h1-18H. The third kappa shape index (κ3) is 2.60. The molecule has 9 rings (SSSR count). The second kappa shape index (κ2) is 7.22. The normalized spacial score (nSPS) is 12.3. The van der Waals surface area contributed by atoms with E-state index in [0.29, 0.717) is 5.02 Å². The van der Waals surface area contributed by atoms with Crippen molar-refractivity contribution in [1.82, 2.24) is 4.98 Å². The van der Waals surface area contributed by atoms with Crippen LogP contribution in [0.2, 0.25) is 5.02 Å². The minimum Gasteiger partial charge on any atom is -0.456 e. The molecular weight excluding hydrogens is 486 g/mol. The first-order chi connectivity index (χ1) is 18.7. The Morgan fingerprint density at radius 3 is 2.13 bits per heavy atom. The molecule has 0 atom stereocenters. The van der Waals surface area contributed by atoms with E-state index in [1.165, 1.54) is 32.3 Å². The minimum absolute atomic E-state index is 0.697. The number of aromatic nitrogens is 1. The monoisotopic (exact) mass is 503 g/mol. The predicted molar refractivity (Wildman–Crippen MR) is 161 cm³/mol. The van der Waals surface area contributed by atoms with Gasteiger partial charge in [0.05, 0.1) is 11.2 Å². The Balaban J connectivity index is 1.50. The van der Waals surface area contributed by atoms with Gasteiger partial charge in [0, 0.05) is 37.5 Å². The van der Waals surface area contributed by atoms with Crippen LogP contribution in [-0.2, 0) is 0 Å². The highest BCUT2D eigenvalue weighted by atomic mass is 35.5. The van der Waals surface area contributed by atoms with Crippen molar-refractivity contribution in [2.45, 2.75) is 0 Å². The van der Waals surface area contributed by atoms with Gasteiger partial charge in [-0.15, -0.1) is 0 Å². The van der Waals surface area contributed by atoms with E-state index in [1.807, 2.05) is 18.2 Å². The number of halogens is 1. The van der Waals surface area contributed by atoms with Crippen LogP contribution in [0.3, 0.4) is 0 Å².